The number of carboxylic acids is 1. The zero-order valence-corrected chi connectivity index (χ0v) is 29.9. The van der Waals surface area contributed by atoms with Gasteiger partial charge in [0.15, 0.2) is 0 Å². The largest absolute Gasteiger partial charge is 0.481 e. The molecule has 0 fully saturated rings. The standard InChI is InChI=1S/C33H59NO17/c35-31-1-2-32(36)34(31)4-6-40-8-10-42-12-14-44-16-18-46-20-22-48-24-26-50-28-30-51-29-27-49-25-23-47-21-19-45-17-15-43-13-11-41-9-7-39-5-3-33(37)38/h1-2H,3-30H2,(H,37,38). The number of carbonyl (C=O) groups excluding carboxylic acids is 2. The quantitative estimate of drug-likeness (QED) is 0.0627. The topological polar surface area (TPSA) is 195 Å². The summed E-state index contributed by atoms with van der Waals surface area (Å²) in [7, 11) is 0. The Labute approximate surface area is 300 Å². The first kappa shape index (κ1) is 46.9. The van der Waals surface area contributed by atoms with Gasteiger partial charge >= 0.3 is 5.97 Å². The summed E-state index contributed by atoms with van der Waals surface area (Å²) >= 11 is 0. The van der Waals surface area contributed by atoms with Crippen molar-refractivity contribution in [1.29, 1.82) is 0 Å². The summed E-state index contributed by atoms with van der Waals surface area (Å²) in [4.78, 5) is 34.3. The minimum atomic E-state index is -0.880. The first-order valence-electron chi connectivity index (χ1n) is 17.4. The van der Waals surface area contributed by atoms with E-state index in [-0.39, 0.29) is 38.0 Å². The zero-order valence-electron chi connectivity index (χ0n) is 29.9. The minimum absolute atomic E-state index is 0.00853. The molecular formula is C33H59NO17. The van der Waals surface area contributed by atoms with Gasteiger partial charge in [-0.25, -0.2) is 0 Å². The number of imide groups is 1. The maximum absolute atomic E-state index is 11.4. The Morgan fingerprint density at radius 3 is 0.784 bits per heavy atom. The highest BCUT2D eigenvalue weighted by molar-refractivity contribution is 6.12. The predicted molar refractivity (Wildman–Crippen MR) is 179 cm³/mol. The van der Waals surface area contributed by atoms with Crippen LogP contribution in [-0.2, 0) is 76.0 Å². The van der Waals surface area contributed by atoms with Crippen LogP contribution >= 0.6 is 0 Å². The van der Waals surface area contributed by atoms with E-state index in [0.717, 1.165) is 4.90 Å². The SMILES string of the molecule is O=C(O)CCOCCOCCOCCOCCOCCOCCOCCOCCOCCOCCOCCOCCOCCN1C(=O)C=CC1=O. The van der Waals surface area contributed by atoms with Gasteiger partial charge in [-0.3, -0.25) is 19.3 Å². The van der Waals surface area contributed by atoms with Crippen molar-refractivity contribution in [3.8, 4) is 0 Å². The lowest BCUT2D eigenvalue weighted by molar-refractivity contribution is -0.139. The fraction of sp³-hybridized carbons (Fsp3) is 0.848. The first-order valence-corrected chi connectivity index (χ1v) is 17.4. The molecule has 1 aliphatic rings. The molecule has 0 aromatic heterocycles. The number of ether oxygens (including phenoxy) is 13. The predicted octanol–water partition coefficient (Wildman–Crippen LogP) is -0.398. The number of nitrogens with zero attached hydrogens (tertiary/aromatic N) is 1. The van der Waals surface area contributed by atoms with E-state index < -0.39 is 5.97 Å². The van der Waals surface area contributed by atoms with Gasteiger partial charge in [0.05, 0.1) is 185 Å². The van der Waals surface area contributed by atoms with Crippen molar-refractivity contribution in [2.24, 2.45) is 0 Å². The van der Waals surface area contributed by atoms with E-state index in [1.165, 1.54) is 12.2 Å². The van der Waals surface area contributed by atoms with Gasteiger partial charge in [-0.1, -0.05) is 0 Å². The van der Waals surface area contributed by atoms with Gasteiger partial charge in [-0.15, -0.1) is 0 Å². The lowest BCUT2D eigenvalue weighted by atomic mass is 10.5. The number of amides is 2. The third kappa shape index (κ3) is 33.4. The molecule has 1 N–H and O–H groups in total. The molecule has 2 amide bonds. The van der Waals surface area contributed by atoms with Crippen LogP contribution < -0.4 is 0 Å². The average Bonchev–Trinajstić information content (AvgIpc) is 3.44. The average molecular weight is 742 g/mol. The summed E-state index contributed by atoms with van der Waals surface area (Å²) in [6.45, 7) is 11.5. The summed E-state index contributed by atoms with van der Waals surface area (Å²) < 4.78 is 70.2. The van der Waals surface area contributed by atoms with Crippen LogP contribution in [0, 0.1) is 0 Å². The molecule has 298 valence electrons. The molecular weight excluding hydrogens is 682 g/mol. The molecule has 18 nitrogen and oxygen atoms in total. The van der Waals surface area contributed by atoms with E-state index in [1.54, 1.807) is 0 Å². The Bertz CT molecular complexity index is 832. The van der Waals surface area contributed by atoms with Crippen molar-refractivity contribution in [2.75, 3.05) is 178 Å². The Kier molecular flexibility index (Phi) is 34.5. The number of hydrogen-bond donors (Lipinski definition) is 1. The molecule has 1 heterocycles. The molecule has 0 aliphatic carbocycles. The van der Waals surface area contributed by atoms with E-state index in [1.807, 2.05) is 0 Å². The molecule has 1 rings (SSSR count). The van der Waals surface area contributed by atoms with Crippen LogP contribution in [0.4, 0.5) is 0 Å². The van der Waals surface area contributed by atoms with Crippen LogP contribution in [0.2, 0.25) is 0 Å². The molecule has 0 aromatic rings. The van der Waals surface area contributed by atoms with Crippen LogP contribution in [0.1, 0.15) is 6.42 Å². The minimum Gasteiger partial charge on any atom is -0.481 e. The molecule has 0 unspecified atom stereocenters. The lowest BCUT2D eigenvalue weighted by Crippen LogP contribution is -2.33. The summed E-state index contributed by atoms with van der Waals surface area (Å²) in [6, 6.07) is 0. The van der Waals surface area contributed by atoms with Gasteiger partial charge in [0.2, 0.25) is 0 Å². The molecule has 0 radical (unpaired) electrons. The van der Waals surface area contributed by atoms with Crippen LogP contribution in [0.15, 0.2) is 12.2 Å². The third-order valence-corrected chi connectivity index (χ3v) is 6.28. The van der Waals surface area contributed by atoms with Crippen LogP contribution in [-0.4, -0.2) is 206 Å². The monoisotopic (exact) mass is 741 g/mol. The highest BCUT2D eigenvalue weighted by atomic mass is 16.6. The van der Waals surface area contributed by atoms with Crippen molar-refractivity contribution in [2.45, 2.75) is 6.42 Å². The zero-order chi connectivity index (χ0) is 36.7. The van der Waals surface area contributed by atoms with Crippen molar-refractivity contribution < 1.29 is 81.1 Å². The fourth-order valence-corrected chi connectivity index (χ4v) is 3.71. The molecule has 18 heteroatoms. The molecule has 0 aromatic carbocycles. The number of carbonyl (C=O) groups is 3. The first-order chi connectivity index (χ1) is 25.1. The number of carboxylic acid groups (broad SMARTS) is 1. The number of hydrogen-bond acceptors (Lipinski definition) is 16. The summed E-state index contributed by atoms with van der Waals surface area (Å²) in [5.74, 6) is -1.50. The van der Waals surface area contributed by atoms with Gasteiger partial charge in [0.1, 0.15) is 0 Å². The maximum Gasteiger partial charge on any atom is 0.305 e. The van der Waals surface area contributed by atoms with Crippen LogP contribution in [0.25, 0.3) is 0 Å². The lowest BCUT2D eigenvalue weighted by Gasteiger charge is -2.13. The second kappa shape index (κ2) is 37.6. The van der Waals surface area contributed by atoms with Gasteiger partial charge in [-0.2, -0.15) is 0 Å². The Morgan fingerprint density at radius 1 is 0.373 bits per heavy atom. The second-order valence-corrected chi connectivity index (χ2v) is 10.3. The van der Waals surface area contributed by atoms with Crippen molar-refractivity contribution >= 4 is 17.8 Å². The molecule has 0 atom stereocenters. The Morgan fingerprint density at radius 2 is 0.569 bits per heavy atom. The second-order valence-electron chi connectivity index (χ2n) is 10.3. The smallest absolute Gasteiger partial charge is 0.305 e. The fourth-order valence-electron chi connectivity index (χ4n) is 3.71. The molecule has 0 spiro atoms. The van der Waals surface area contributed by atoms with Crippen molar-refractivity contribution in [1.82, 2.24) is 4.90 Å². The number of rotatable bonds is 42. The normalized spacial score (nSPS) is 12.9. The van der Waals surface area contributed by atoms with Crippen molar-refractivity contribution in [3.63, 3.8) is 0 Å². The van der Waals surface area contributed by atoms with Gasteiger partial charge < -0.3 is 66.7 Å². The molecule has 0 saturated heterocycles. The Balaban J connectivity index is 1.61. The van der Waals surface area contributed by atoms with Gasteiger partial charge in [0, 0.05) is 12.2 Å². The highest BCUT2D eigenvalue weighted by Crippen LogP contribution is 2.02. The molecule has 0 saturated carbocycles. The van der Waals surface area contributed by atoms with Gasteiger partial charge in [-0.05, 0) is 0 Å². The molecule has 51 heavy (non-hydrogen) atoms. The number of aliphatic carboxylic acids is 1. The van der Waals surface area contributed by atoms with E-state index in [0.29, 0.717) is 159 Å². The van der Waals surface area contributed by atoms with E-state index >= 15 is 0 Å². The Hall–Kier alpha value is -2.17. The summed E-state index contributed by atoms with van der Waals surface area (Å²) in [5, 5.41) is 8.49. The maximum atomic E-state index is 11.4. The van der Waals surface area contributed by atoms with E-state index in [9.17, 15) is 14.4 Å². The summed E-state index contributed by atoms with van der Waals surface area (Å²) in [6.07, 6.45) is 2.49. The highest BCUT2D eigenvalue weighted by Gasteiger charge is 2.22. The summed E-state index contributed by atoms with van der Waals surface area (Å²) in [5.41, 5.74) is 0. The third-order valence-electron chi connectivity index (χ3n) is 6.28. The molecule has 0 bridgehead atoms. The van der Waals surface area contributed by atoms with Crippen molar-refractivity contribution in [3.05, 3.63) is 12.2 Å². The molecule has 1 aliphatic heterocycles. The van der Waals surface area contributed by atoms with E-state index in [4.69, 9.17) is 66.7 Å². The van der Waals surface area contributed by atoms with E-state index in [2.05, 4.69) is 0 Å². The van der Waals surface area contributed by atoms with Gasteiger partial charge in [0.25, 0.3) is 11.8 Å². The van der Waals surface area contributed by atoms with Crippen LogP contribution in [0.5, 0.6) is 0 Å². The van der Waals surface area contributed by atoms with Crippen LogP contribution in [0.3, 0.4) is 0 Å².